The number of thioether (sulfide) groups is 1. The Bertz CT molecular complexity index is 973. The third-order valence-electron chi connectivity index (χ3n) is 5.09. The van der Waals surface area contributed by atoms with Gasteiger partial charge in [0.25, 0.3) is 0 Å². The maximum Gasteiger partial charge on any atom is 0.235 e. The first-order chi connectivity index (χ1) is 13.6. The number of hydrogen-bond donors (Lipinski definition) is 1. The number of nitrogens with one attached hydrogen (secondary N) is 1. The Kier molecular flexibility index (Phi) is 5.47. The van der Waals surface area contributed by atoms with Gasteiger partial charge in [0.05, 0.1) is 23.7 Å². The van der Waals surface area contributed by atoms with Crippen molar-refractivity contribution in [3.8, 4) is 5.69 Å². The zero-order chi connectivity index (χ0) is 19.5. The van der Waals surface area contributed by atoms with Crippen LogP contribution in [0.4, 0.5) is 5.82 Å². The average molecular weight is 397 g/mol. The number of nitrogens with zero attached hydrogens (tertiary/aromatic N) is 5. The van der Waals surface area contributed by atoms with Gasteiger partial charge in [-0.15, -0.1) is 10.2 Å². The summed E-state index contributed by atoms with van der Waals surface area (Å²) in [6.45, 7) is 3.98. The number of aryl methyl sites for hydroxylation is 2. The highest BCUT2D eigenvalue weighted by atomic mass is 32.2. The van der Waals surface area contributed by atoms with E-state index in [1.54, 1.807) is 6.20 Å². The van der Waals surface area contributed by atoms with E-state index < -0.39 is 0 Å². The molecule has 8 heteroatoms. The maximum absolute atomic E-state index is 12.5. The average Bonchev–Trinajstić information content (AvgIpc) is 3.42. The predicted octanol–water partition coefficient (Wildman–Crippen LogP) is 3.93. The lowest BCUT2D eigenvalue weighted by Crippen LogP contribution is -2.19. The van der Waals surface area contributed by atoms with Gasteiger partial charge < -0.3 is 5.32 Å². The normalized spacial score (nSPS) is 14.5. The van der Waals surface area contributed by atoms with Crippen LogP contribution in [0.1, 0.15) is 43.1 Å². The summed E-state index contributed by atoms with van der Waals surface area (Å²) in [6, 6.07) is 10.3. The molecule has 1 fully saturated rings. The van der Waals surface area contributed by atoms with E-state index in [9.17, 15) is 4.79 Å². The van der Waals surface area contributed by atoms with Gasteiger partial charge in [0.15, 0.2) is 5.16 Å². The second-order valence-corrected chi connectivity index (χ2v) is 8.03. The van der Waals surface area contributed by atoms with E-state index in [1.807, 2.05) is 40.4 Å². The van der Waals surface area contributed by atoms with Crippen molar-refractivity contribution >= 4 is 23.5 Å². The van der Waals surface area contributed by atoms with Gasteiger partial charge in [0, 0.05) is 6.07 Å². The molecule has 1 aliphatic carbocycles. The summed E-state index contributed by atoms with van der Waals surface area (Å²) < 4.78 is 3.95. The van der Waals surface area contributed by atoms with Crippen LogP contribution in [0.25, 0.3) is 5.69 Å². The molecule has 28 heavy (non-hydrogen) atoms. The first-order valence-corrected chi connectivity index (χ1v) is 10.6. The number of carbonyl (C=O) groups excluding carboxylic acids is 1. The second-order valence-electron chi connectivity index (χ2n) is 7.09. The molecule has 3 aromatic rings. The number of aromatic nitrogens is 5. The Labute approximate surface area is 168 Å². The number of para-hydroxylation sites is 1. The molecule has 4 rings (SSSR count). The highest BCUT2D eigenvalue weighted by molar-refractivity contribution is 7.99. The van der Waals surface area contributed by atoms with Crippen LogP contribution in [-0.2, 0) is 4.79 Å². The number of rotatable bonds is 6. The van der Waals surface area contributed by atoms with Crippen LogP contribution in [0.5, 0.6) is 0 Å². The van der Waals surface area contributed by atoms with Gasteiger partial charge in [-0.1, -0.05) is 42.8 Å². The third-order valence-corrected chi connectivity index (χ3v) is 6.02. The standard InChI is InChI=1S/C20H24N6OS/c1-14-7-3-6-10-17(14)25-15(2)23-24-20(25)28-13-19(27)22-18-11-12-21-26(18)16-8-4-5-9-16/h3,6-7,10-12,16H,4-5,8-9,13H2,1-2H3,(H,22,27). The zero-order valence-corrected chi connectivity index (χ0v) is 16.9. The van der Waals surface area contributed by atoms with E-state index in [-0.39, 0.29) is 11.7 Å². The molecule has 0 radical (unpaired) electrons. The van der Waals surface area contributed by atoms with Crippen LogP contribution >= 0.6 is 11.8 Å². The number of anilines is 1. The summed E-state index contributed by atoms with van der Waals surface area (Å²) in [7, 11) is 0. The highest BCUT2D eigenvalue weighted by Crippen LogP contribution is 2.31. The van der Waals surface area contributed by atoms with Crippen molar-refractivity contribution in [3.05, 3.63) is 47.9 Å². The van der Waals surface area contributed by atoms with E-state index >= 15 is 0 Å². The molecule has 0 spiro atoms. The minimum absolute atomic E-state index is 0.0678. The molecule has 1 amide bonds. The van der Waals surface area contributed by atoms with Crippen LogP contribution < -0.4 is 5.32 Å². The summed E-state index contributed by atoms with van der Waals surface area (Å²) in [6.07, 6.45) is 6.44. The van der Waals surface area contributed by atoms with Gasteiger partial charge in [-0.25, -0.2) is 4.68 Å². The Morgan fingerprint density at radius 3 is 2.75 bits per heavy atom. The summed E-state index contributed by atoms with van der Waals surface area (Å²) in [5.41, 5.74) is 2.17. The predicted molar refractivity (Wildman–Crippen MR) is 110 cm³/mol. The van der Waals surface area contributed by atoms with Crippen molar-refractivity contribution in [1.29, 1.82) is 0 Å². The molecule has 0 unspecified atom stereocenters. The molecular weight excluding hydrogens is 372 g/mol. The lowest BCUT2D eigenvalue weighted by atomic mass is 10.2. The van der Waals surface area contributed by atoms with Crippen molar-refractivity contribution in [2.45, 2.75) is 50.7 Å². The van der Waals surface area contributed by atoms with E-state index in [4.69, 9.17) is 0 Å². The topological polar surface area (TPSA) is 77.6 Å². The third kappa shape index (κ3) is 3.82. The Hall–Kier alpha value is -2.61. The quantitative estimate of drug-likeness (QED) is 0.639. The zero-order valence-electron chi connectivity index (χ0n) is 16.1. The lowest BCUT2D eigenvalue weighted by molar-refractivity contribution is -0.113. The molecule has 1 saturated carbocycles. The molecule has 2 heterocycles. The van der Waals surface area contributed by atoms with Crippen molar-refractivity contribution < 1.29 is 4.79 Å². The molecule has 0 bridgehead atoms. The molecule has 146 valence electrons. The largest absolute Gasteiger partial charge is 0.310 e. The molecule has 1 N–H and O–H groups in total. The van der Waals surface area contributed by atoms with E-state index in [0.717, 1.165) is 35.7 Å². The van der Waals surface area contributed by atoms with Crippen LogP contribution in [-0.4, -0.2) is 36.2 Å². The van der Waals surface area contributed by atoms with Gasteiger partial charge in [-0.05, 0) is 38.3 Å². The van der Waals surface area contributed by atoms with Crippen molar-refractivity contribution in [3.63, 3.8) is 0 Å². The van der Waals surface area contributed by atoms with Gasteiger partial charge in [-0.3, -0.25) is 9.36 Å². The van der Waals surface area contributed by atoms with Crippen LogP contribution in [0, 0.1) is 13.8 Å². The van der Waals surface area contributed by atoms with E-state index in [1.165, 1.54) is 24.6 Å². The number of carbonyl (C=O) groups is 1. The highest BCUT2D eigenvalue weighted by Gasteiger charge is 2.21. The van der Waals surface area contributed by atoms with Crippen molar-refractivity contribution in [2.24, 2.45) is 0 Å². The first kappa shape index (κ1) is 18.7. The fourth-order valence-electron chi connectivity index (χ4n) is 3.69. The van der Waals surface area contributed by atoms with Crippen LogP contribution in [0.15, 0.2) is 41.7 Å². The summed E-state index contributed by atoms with van der Waals surface area (Å²) in [5, 5.41) is 16.6. The number of hydrogen-bond acceptors (Lipinski definition) is 5. The minimum Gasteiger partial charge on any atom is -0.310 e. The van der Waals surface area contributed by atoms with Gasteiger partial charge in [0.2, 0.25) is 5.91 Å². The van der Waals surface area contributed by atoms with E-state index in [2.05, 4.69) is 33.6 Å². The molecule has 1 aromatic carbocycles. The molecular formula is C20H24N6OS. The Morgan fingerprint density at radius 1 is 1.18 bits per heavy atom. The Balaban J connectivity index is 1.44. The molecule has 7 nitrogen and oxygen atoms in total. The van der Waals surface area contributed by atoms with Crippen LogP contribution in [0.3, 0.4) is 0 Å². The fraction of sp³-hybridized carbons (Fsp3) is 0.400. The number of benzene rings is 1. The Morgan fingerprint density at radius 2 is 1.96 bits per heavy atom. The summed E-state index contributed by atoms with van der Waals surface area (Å²) in [4.78, 5) is 12.5. The smallest absolute Gasteiger partial charge is 0.235 e. The van der Waals surface area contributed by atoms with Crippen LogP contribution in [0.2, 0.25) is 0 Å². The molecule has 2 aromatic heterocycles. The molecule has 0 atom stereocenters. The first-order valence-electron chi connectivity index (χ1n) is 9.57. The van der Waals surface area contributed by atoms with Gasteiger partial charge in [0.1, 0.15) is 11.6 Å². The second kappa shape index (κ2) is 8.18. The molecule has 1 aliphatic rings. The lowest BCUT2D eigenvalue weighted by Gasteiger charge is -2.14. The fourth-order valence-corrected chi connectivity index (χ4v) is 4.48. The molecule has 0 aliphatic heterocycles. The number of amides is 1. The van der Waals surface area contributed by atoms with Crippen molar-refractivity contribution in [2.75, 3.05) is 11.1 Å². The molecule has 0 saturated heterocycles. The van der Waals surface area contributed by atoms with Gasteiger partial charge >= 0.3 is 0 Å². The van der Waals surface area contributed by atoms with Gasteiger partial charge in [-0.2, -0.15) is 5.10 Å². The van der Waals surface area contributed by atoms with Crippen molar-refractivity contribution in [1.82, 2.24) is 24.5 Å². The minimum atomic E-state index is -0.0678. The summed E-state index contributed by atoms with van der Waals surface area (Å²) >= 11 is 1.39. The van der Waals surface area contributed by atoms with E-state index in [0.29, 0.717) is 11.2 Å². The summed E-state index contributed by atoms with van der Waals surface area (Å²) in [5.74, 6) is 1.77. The SMILES string of the molecule is Cc1ccccc1-n1c(C)nnc1SCC(=O)Nc1ccnn1C1CCCC1. The monoisotopic (exact) mass is 396 g/mol. The maximum atomic E-state index is 12.5.